The summed E-state index contributed by atoms with van der Waals surface area (Å²) in [7, 11) is 3.02. The van der Waals surface area contributed by atoms with Crippen LogP contribution in [0.25, 0.3) is 0 Å². The monoisotopic (exact) mass is 388 g/mol. The van der Waals surface area contributed by atoms with Crippen molar-refractivity contribution < 1.29 is 33.3 Å². The fourth-order valence-electron chi connectivity index (χ4n) is 2.93. The number of rotatable bonds is 6. The summed E-state index contributed by atoms with van der Waals surface area (Å²) in [6.07, 6.45) is 0. The Morgan fingerprint density at radius 2 is 1.75 bits per heavy atom. The van der Waals surface area contributed by atoms with Crippen LogP contribution in [0.1, 0.15) is 24.1 Å². The lowest BCUT2D eigenvalue weighted by Crippen LogP contribution is -2.34. The SMILES string of the molecule is COc1ccc([C@H](NC(N)=O)c2cc3c(cc2OC(C)=O)OCO3)c(OC)c1. The first kappa shape index (κ1) is 19.2. The number of carbonyl (C=O) groups excluding carboxylic acids is 2. The summed E-state index contributed by atoms with van der Waals surface area (Å²) in [5, 5.41) is 2.66. The summed E-state index contributed by atoms with van der Waals surface area (Å²) in [6, 6.07) is 6.71. The van der Waals surface area contributed by atoms with E-state index in [0.717, 1.165) is 0 Å². The van der Waals surface area contributed by atoms with Crippen LogP contribution in [-0.2, 0) is 4.79 Å². The number of hydrogen-bond donors (Lipinski definition) is 2. The van der Waals surface area contributed by atoms with E-state index in [9.17, 15) is 9.59 Å². The molecule has 3 rings (SSSR count). The molecule has 0 bridgehead atoms. The molecule has 3 N–H and O–H groups in total. The standard InChI is InChI=1S/C19H20N2O7/c1-10(22)28-15-8-17-16(26-9-27-17)7-13(15)18(21-19(20)23)12-5-4-11(24-2)6-14(12)25-3/h4-8,18H,9H2,1-3H3,(H3,20,21,23)/t18-/m0/s1. The highest BCUT2D eigenvalue weighted by molar-refractivity contribution is 5.75. The molecular formula is C19H20N2O7. The molecule has 0 aliphatic carbocycles. The van der Waals surface area contributed by atoms with Gasteiger partial charge >= 0.3 is 12.0 Å². The minimum absolute atomic E-state index is 0.0398. The van der Waals surface area contributed by atoms with Crippen molar-refractivity contribution in [3.63, 3.8) is 0 Å². The van der Waals surface area contributed by atoms with E-state index in [1.165, 1.54) is 27.2 Å². The van der Waals surface area contributed by atoms with Crippen LogP contribution in [0.5, 0.6) is 28.7 Å². The molecule has 9 nitrogen and oxygen atoms in total. The van der Waals surface area contributed by atoms with Crippen LogP contribution >= 0.6 is 0 Å². The molecule has 0 unspecified atom stereocenters. The molecule has 28 heavy (non-hydrogen) atoms. The Kier molecular flexibility index (Phi) is 5.44. The topological polar surface area (TPSA) is 118 Å². The molecule has 148 valence electrons. The van der Waals surface area contributed by atoms with Gasteiger partial charge in [0.25, 0.3) is 0 Å². The van der Waals surface area contributed by atoms with Crippen molar-refractivity contribution in [2.24, 2.45) is 5.73 Å². The molecule has 0 fully saturated rings. The third-order valence-corrected chi connectivity index (χ3v) is 4.11. The Labute approximate surface area is 161 Å². The molecule has 0 saturated carbocycles. The number of nitrogens with one attached hydrogen (secondary N) is 1. The second kappa shape index (κ2) is 7.95. The van der Waals surface area contributed by atoms with Crippen LogP contribution in [0.4, 0.5) is 4.79 Å². The third-order valence-electron chi connectivity index (χ3n) is 4.11. The first-order valence-electron chi connectivity index (χ1n) is 8.32. The van der Waals surface area contributed by atoms with Gasteiger partial charge in [0.05, 0.1) is 20.3 Å². The lowest BCUT2D eigenvalue weighted by atomic mass is 9.96. The van der Waals surface area contributed by atoms with E-state index < -0.39 is 18.0 Å². The third kappa shape index (κ3) is 3.88. The summed E-state index contributed by atoms with van der Waals surface area (Å²) < 4.78 is 26.8. The summed E-state index contributed by atoms with van der Waals surface area (Å²) in [4.78, 5) is 23.3. The zero-order valence-corrected chi connectivity index (χ0v) is 15.6. The van der Waals surface area contributed by atoms with Gasteiger partial charge in [-0.2, -0.15) is 0 Å². The molecule has 1 aliphatic heterocycles. The number of carbonyl (C=O) groups is 2. The van der Waals surface area contributed by atoms with Crippen LogP contribution in [0.15, 0.2) is 30.3 Å². The lowest BCUT2D eigenvalue weighted by Gasteiger charge is -2.23. The van der Waals surface area contributed by atoms with Gasteiger partial charge in [-0.05, 0) is 18.2 Å². The fraction of sp³-hybridized carbons (Fsp3) is 0.263. The summed E-state index contributed by atoms with van der Waals surface area (Å²) in [6.45, 7) is 1.32. The van der Waals surface area contributed by atoms with E-state index in [4.69, 9.17) is 29.4 Å². The first-order chi connectivity index (χ1) is 13.4. The number of ether oxygens (including phenoxy) is 5. The Balaban J connectivity index is 2.17. The quantitative estimate of drug-likeness (QED) is 0.575. The average molecular weight is 388 g/mol. The number of amides is 2. The number of nitrogens with two attached hydrogens (primary N) is 1. The van der Waals surface area contributed by atoms with Crippen LogP contribution in [-0.4, -0.2) is 33.0 Å². The number of fused-ring (bicyclic) bond motifs is 1. The van der Waals surface area contributed by atoms with Crippen molar-refractivity contribution in [1.29, 1.82) is 0 Å². The predicted molar refractivity (Wildman–Crippen MR) is 98.0 cm³/mol. The molecule has 1 heterocycles. The van der Waals surface area contributed by atoms with Gasteiger partial charge in [0, 0.05) is 30.2 Å². The molecule has 0 radical (unpaired) electrons. The van der Waals surface area contributed by atoms with E-state index in [0.29, 0.717) is 34.1 Å². The van der Waals surface area contributed by atoms with Gasteiger partial charge < -0.3 is 34.7 Å². The maximum atomic E-state index is 11.7. The summed E-state index contributed by atoms with van der Waals surface area (Å²) in [5.41, 5.74) is 6.42. The fourth-order valence-corrected chi connectivity index (χ4v) is 2.93. The van der Waals surface area contributed by atoms with Crippen LogP contribution in [0, 0.1) is 0 Å². The largest absolute Gasteiger partial charge is 0.497 e. The second-order valence-electron chi connectivity index (χ2n) is 5.89. The lowest BCUT2D eigenvalue weighted by molar-refractivity contribution is -0.131. The van der Waals surface area contributed by atoms with Gasteiger partial charge in [0.1, 0.15) is 17.2 Å². The number of urea groups is 1. The predicted octanol–water partition coefficient (Wildman–Crippen LogP) is 2.12. The van der Waals surface area contributed by atoms with Gasteiger partial charge in [0.2, 0.25) is 6.79 Å². The van der Waals surface area contributed by atoms with Crippen molar-refractivity contribution in [2.45, 2.75) is 13.0 Å². The van der Waals surface area contributed by atoms with Crippen LogP contribution < -0.4 is 34.7 Å². The van der Waals surface area contributed by atoms with E-state index >= 15 is 0 Å². The highest BCUT2D eigenvalue weighted by Crippen LogP contribution is 2.43. The Morgan fingerprint density at radius 3 is 2.36 bits per heavy atom. The summed E-state index contributed by atoms with van der Waals surface area (Å²) >= 11 is 0. The van der Waals surface area contributed by atoms with Crippen LogP contribution in [0.2, 0.25) is 0 Å². The van der Waals surface area contributed by atoms with E-state index in [-0.39, 0.29) is 12.5 Å². The highest BCUT2D eigenvalue weighted by Gasteiger charge is 2.28. The maximum Gasteiger partial charge on any atom is 0.312 e. The Morgan fingerprint density at radius 1 is 1.04 bits per heavy atom. The zero-order chi connectivity index (χ0) is 20.3. The van der Waals surface area contributed by atoms with Gasteiger partial charge in [-0.1, -0.05) is 0 Å². The first-order valence-corrected chi connectivity index (χ1v) is 8.32. The van der Waals surface area contributed by atoms with Gasteiger partial charge in [0.15, 0.2) is 11.5 Å². The van der Waals surface area contributed by atoms with E-state index in [2.05, 4.69) is 5.32 Å². The van der Waals surface area contributed by atoms with Crippen molar-refractivity contribution >= 4 is 12.0 Å². The van der Waals surface area contributed by atoms with Gasteiger partial charge in [-0.25, -0.2) is 4.79 Å². The number of primary amides is 1. The summed E-state index contributed by atoms with van der Waals surface area (Å²) in [5.74, 6) is 1.58. The molecule has 1 aliphatic rings. The molecule has 9 heteroatoms. The van der Waals surface area contributed by atoms with Gasteiger partial charge in [-0.3, -0.25) is 4.79 Å². The molecule has 2 aromatic carbocycles. The smallest absolute Gasteiger partial charge is 0.312 e. The Bertz CT molecular complexity index is 913. The molecule has 0 aromatic heterocycles. The normalized spacial score (nSPS) is 12.8. The molecule has 1 atom stereocenters. The number of esters is 1. The van der Waals surface area contributed by atoms with Crippen molar-refractivity contribution in [3.8, 4) is 28.7 Å². The molecular weight excluding hydrogens is 368 g/mol. The zero-order valence-electron chi connectivity index (χ0n) is 15.6. The number of benzene rings is 2. The number of hydrogen-bond acceptors (Lipinski definition) is 7. The molecule has 0 spiro atoms. The average Bonchev–Trinajstić information content (AvgIpc) is 3.11. The minimum Gasteiger partial charge on any atom is -0.497 e. The van der Waals surface area contributed by atoms with Crippen molar-refractivity contribution in [2.75, 3.05) is 21.0 Å². The van der Waals surface area contributed by atoms with Gasteiger partial charge in [-0.15, -0.1) is 0 Å². The second-order valence-corrected chi connectivity index (χ2v) is 5.89. The van der Waals surface area contributed by atoms with E-state index in [1.54, 1.807) is 24.3 Å². The Hall–Kier alpha value is -3.62. The minimum atomic E-state index is -0.790. The highest BCUT2D eigenvalue weighted by atomic mass is 16.7. The molecule has 0 saturated heterocycles. The molecule has 2 aromatic rings. The van der Waals surface area contributed by atoms with E-state index in [1.807, 2.05) is 0 Å². The van der Waals surface area contributed by atoms with Crippen LogP contribution in [0.3, 0.4) is 0 Å². The van der Waals surface area contributed by atoms with Crippen molar-refractivity contribution in [3.05, 3.63) is 41.5 Å². The maximum absolute atomic E-state index is 11.7. The number of methoxy groups -OCH3 is 2. The van der Waals surface area contributed by atoms with Crippen molar-refractivity contribution in [1.82, 2.24) is 5.32 Å². The molecule has 2 amide bonds.